The lowest BCUT2D eigenvalue weighted by Gasteiger charge is -2.26. The summed E-state index contributed by atoms with van der Waals surface area (Å²) in [6.07, 6.45) is -22.2. The Morgan fingerprint density at radius 1 is 0.367 bits per heavy atom. The molecular weight excluding hydrogens is 1720 g/mol. The van der Waals surface area contributed by atoms with E-state index in [4.69, 9.17) is 108 Å². The topological polar surface area (TPSA) is 826 Å². The molecule has 0 amide bonds. The Morgan fingerprint density at radius 2 is 0.608 bits per heavy atom. The van der Waals surface area contributed by atoms with Crippen molar-refractivity contribution in [3.63, 3.8) is 0 Å². The molecule has 0 aromatic carbocycles. The minimum absolute atomic E-state index is 0.0403. The molecule has 6 saturated heterocycles. The number of nitrogen functional groups attached to an aromatic ring is 6. The number of hydrogen-bond donors (Lipinski definition) is 16. The first-order valence-corrected chi connectivity index (χ1v) is 43.0. The van der Waals surface area contributed by atoms with Crippen LogP contribution in [0.1, 0.15) is 75.9 Å². The highest BCUT2D eigenvalue weighted by molar-refractivity contribution is 7.48. The van der Waals surface area contributed by atoms with Gasteiger partial charge < -0.3 is 97.5 Å². The number of phosphoric acid groups is 5. The predicted molar refractivity (Wildman–Crippen MR) is 394 cm³/mol. The second-order valence-electron chi connectivity index (χ2n) is 27.4. The maximum atomic E-state index is 14.5. The minimum Gasteiger partial charge on any atom is -0.394 e. The largest absolute Gasteiger partial charge is 0.472 e. The third-order valence-corrected chi connectivity index (χ3v) is 24.5. The lowest BCUT2D eigenvalue weighted by molar-refractivity contribution is -0.0642. The Labute approximate surface area is 665 Å². The van der Waals surface area contributed by atoms with Crippen LogP contribution >= 0.6 is 39.1 Å². The number of ether oxygens (including phenoxy) is 6. The maximum Gasteiger partial charge on any atom is 0.472 e. The Kier molecular flexibility index (Phi) is 24.2. The zero-order chi connectivity index (χ0) is 85.4. The molecule has 5 unspecified atom stereocenters. The standard InChI is InChI=1S/C57H73N24O34P5/c58-52-70-46-43(49(87)73-52)64-19-79(46)40-8-23(28(13-82)105-40)111-117(92,93)101-17-32-26(11-41(109-32)80-20-65-44-47(80)71-53(59)74-50(44)88)115-120(98,99)104-18-33-27(12-42(110-33)81-21-66-45-48(81)72-54(60)75-51(45)89)114-119(96,97)103-16-31-25(10-39(108-31)78-6-3-36(86)69-57(78)63)113-118(94,95)102-15-30-24(9-38(107-30)77-5-2-35(85)68-56(77)62)112-116(90,91)100-14-29-22(83)7-37(106-29)76-4-1-34(84)67-55(76)61/h1-6,19-33,37-42,82-83H,7-18H2,(H,90,91)(H,92,93)(H,94,95)(H,96,97)(H,98,99)(H2,61,67,84)(H2,62,68,85)(H2,63,69,86)(H3,58,70,73,87)(H3,59,71,74,88)(H3,60,72,75,89)/t22-,23-,24-,25-,26-,27-,28+,29+,30+,31+,32+,33+,37+,38+,39+,40+,41+,42+/m0/s1. The van der Waals surface area contributed by atoms with Gasteiger partial charge in [-0.05, 0) is 0 Å². The van der Waals surface area contributed by atoms with Gasteiger partial charge >= 0.3 is 39.1 Å². The van der Waals surface area contributed by atoms with Crippen LogP contribution in [0.2, 0.25) is 0 Å². The SMILES string of the molecule is Nc1nc2c(ncn2[C@H]2C[C@H](OP(=O)(O)OC[C@H]3O[C@@H](n4cnc5c(=O)[nH]c(N)nc54)C[C@@H]3OP(=O)(O)OC[C@H]3O[C@@H](n4cnc5c(=O)[nH]c(N)nc54)C[C@@H]3OP(=O)(O)OC[C@H]3O[C@@H](n4ccc(=O)nc4N)C[C@@H]3OP(=O)(O)OC[C@H]3O[C@@H](n4ccc(=O)nc4N)C[C@@H]3OP(=O)(O)OC[C@H]3O[C@@H](n4ccc(=O)nc4N)C[C@@H]3O)[C@@H](CO)O2)c(=O)[nH]1. The van der Waals surface area contributed by atoms with E-state index in [1.807, 2.05) is 0 Å². The molecule has 23 atom stereocenters. The summed E-state index contributed by atoms with van der Waals surface area (Å²) in [5.41, 5.74) is 29.9. The molecule has 0 bridgehead atoms. The van der Waals surface area contributed by atoms with Crippen LogP contribution in [0.5, 0.6) is 0 Å². The smallest absolute Gasteiger partial charge is 0.394 e. The molecule has 120 heavy (non-hydrogen) atoms. The monoisotopic (exact) mass is 1790 g/mol. The molecular formula is C57H73N24O34P5. The number of aromatic amines is 3. The Balaban J connectivity index is 0.634. The van der Waals surface area contributed by atoms with Gasteiger partial charge in [0.1, 0.15) is 105 Å². The number of hydrogen-bond acceptors (Lipinski definition) is 44. The first-order chi connectivity index (χ1) is 56.8. The molecule has 9 aromatic rings. The molecule has 63 heteroatoms. The molecule has 650 valence electrons. The summed E-state index contributed by atoms with van der Waals surface area (Å²) >= 11 is 0. The molecule has 15 heterocycles. The van der Waals surface area contributed by atoms with Crippen LogP contribution in [0.3, 0.4) is 0 Å². The molecule has 0 saturated carbocycles. The van der Waals surface area contributed by atoms with Gasteiger partial charge in [-0.15, -0.1) is 0 Å². The number of aliphatic hydroxyl groups excluding tert-OH is 2. The Morgan fingerprint density at radius 3 is 0.883 bits per heavy atom. The van der Waals surface area contributed by atoms with Crippen LogP contribution in [0.25, 0.3) is 33.5 Å². The van der Waals surface area contributed by atoms with E-state index in [0.717, 1.165) is 56.9 Å². The molecule has 6 aliphatic heterocycles. The van der Waals surface area contributed by atoms with E-state index < -0.39 is 266 Å². The number of phosphoric ester groups is 5. The van der Waals surface area contributed by atoms with Crippen molar-refractivity contribution in [1.29, 1.82) is 0 Å². The Hall–Kier alpha value is -9.28. The Bertz CT molecular complexity index is 6010. The molecule has 58 nitrogen and oxygen atoms in total. The number of nitrogens with two attached hydrogens (primary N) is 6. The third kappa shape index (κ3) is 19.0. The fourth-order valence-corrected chi connectivity index (χ4v) is 18.8. The molecule has 0 spiro atoms. The van der Waals surface area contributed by atoms with Gasteiger partial charge in [0.25, 0.3) is 33.4 Å². The van der Waals surface area contributed by atoms with Gasteiger partial charge in [-0.25, -0.2) is 37.8 Å². The fraction of sp³-hybridized carbons (Fsp3) is 0.526. The lowest BCUT2D eigenvalue weighted by Crippen LogP contribution is -2.32. The number of H-pyrrole nitrogens is 3. The first kappa shape index (κ1) is 85.7. The van der Waals surface area contributed by atoms with Crippen molar-refractivity contribution in [3.05, 3.63) is 118 Å². The van der Waals surface area contributed by atoms with E-state index in [-0.39, 0.29) is 64.2 Å². The van der Waals surface area contributed by atoms with Gasteiger partial charge in [0.2, 0.25) is 35.7 Å². The van der Waals surface area contributed by atoms with Gasteiger partial charge in [0.05, 0.1) is 64.7 Å². The zero-order valence-corrected chi connectivity index (χ0v) is 65.6. The number of rotatable bonds is 32. The summed E-state index contributed by atoms with van der Waals surface area (Å²) in [7, 11) is -27.4. The summed E-state index contributed by atoms with van der Waals surface area (Å²) in [5, 5.41) is 21.1. The van der Waals surface area contributed by atoms with Crippen molar-refractivity contribution in [1.82, 2.24) is 87.2 Å². The van der Waals surface area contributed by atoms with Gasteiger partial charge in [-0.2, -0.15) is 29.9 Å². The van der Waals surface area contributed by atoms with Crippen molar-refractivity contribution in [3.8, 4) is 0 Å². The maximum absolute atomic E-state index is 14.5. The van der Waals surface area contributed by atoms with E-state index in [1.54, 1.807) is 0 Å². The third-order valence-electron chi connectivity index (χ3n) is 19.5. The van der Waals surface area contributed by atoms with E-state index in [0.29, 0.717) is 0 Å². The predicted octanol–water partition coefficient (Wildman–Crippen LogP) is -3.76. The van der Waals surface area contributed by atoms with Crippen molar-refractivity contribution in [2.75, 3.05) is 74.0 Å². The van der Waals surface area contributed by atoms with Crippen molar-refractivity contribution >= 4 is 108 Å². The number of nitrogens with zero attached hydrogens (tertiary/aromatic N) is 15. The molecule has 9 aromatic heterocycles. The zero-order valence-electron chi connectivity index (χ0n) is 61.1. The van der Waals surface area contributed by atoms with Crippen LogP contribution in [-0.4, -0.2) is 235 Å². The van der Waals surface area contributed by atoms with Gasteiger partial charge in [-0.1, -0.05) is 0 Å². The molecule has 0 radical (unpaired) electrons. The summed E-state index contributed by atoms with van der Waals surface area (Å²) in [6, 6.07) is 3.05. The number of anilines is 6. The number of nitrogens with one attached hydrogen (secondary N) is 3. The first-order valence-electron chi connectivity index (χ1n) is 35.5. The lowest BCUT2D eigenvalue weighted by atomic mass is 10.2. The molecule has 6 fully saturated rings. The fourth-order valence-electron chi connectivity index (χ4n) is 14.0. The second-order valence-corrected chi connectivity index (χ2v) is 34.4. The van der Waals surface area contributed by atoms with E-state index in [9.17, 15) is 86.3 Å². The summed E-state index contributed by atoms with van der Waals surface area (Å²) in [5.74, 6) is -2.19. The molecule has 15 rings (SSSR count). The number of fused-ring (bicyclic) bond motifs is 3. The number of imidazole rings is 3. The van der Waals surface area contributed by atoms with E-state index in [1.165, 1.54) is 26.2 Å². The minimum atomic E-state index is -5.64. The van der Waals surface area contributed by atoms with Gasteiger partial charge in [0, 0.05) is 75.3 Å². The van der Waals surface area contributed by atoms with Crippen molar-refractivity contribution < 1.29 is 131 Å². The number of aliphatic hydroxyl groups is 2. The van der Waals surface area contributed by atoms with Gasteiger partial charge in [0.15, 0.2) is 33.5 Å². The summed E-state index contributed by atoms with van der Waals surface area (Å²) < 4.78 is 169. The van der Waals surface area contributed by atoms with E-state index >= 15 is 0 Å². The molecule has 22 N–H and O–H groups in total. The second kappa shape index (κ2) is 33.9. The van der Waals surface area contributed by atoms with Crippen molar-refractivity contribution in [2.45, 2.75) is 149 Å². The highest BCUT2D eigenvalue weighted by Gasteiger charge is 2.52. The quantitative estimate of drug-likeness (QED) is 0.0180. The number of aromatic nitrogens is 18. The highest BCUT2D eigenvalue weighted by Crippen LogP contribution is 2.57. The normalized spacial score (nSPS) is 29.7. The van der Waals surface area contributed by atoms with Crippen LogP contribution < -0.4 is 67.8 Å². The summed E-state index contributed by atoms with van der Waals surface area (Å²) in [4.78, 5) is 174. The van der Waals surface area contributed by atoms with E-state index in [2.05, 4.69) is 59.8 Å². The van der Waals surface area contributed by atoms with Crippen LogP contribution in [-0.2, 0) is 96.5 Å². The average molecular weight is 1790 g/mol. The molecule has 6 aliphatic rings. The highest BCUT2D eigenvalue weighted by atomic mass is 31.2. The van der Waals surface area contributed by atoms with Crippen LogP contribution in [0.15, 0.2) is 84.5 Å². The molecule has 0 aliphatic carbocycles. The van der Waals surface area contributed by atoms with Crippen molar-refractivity contribution in [2.24, 2.45) is 0 Å². The van der Waals surface area contributed by atoms with Crippen LogP contribution in [0, 0.1) is 0 Å². The summed E-state index contributed by atoms with van der Waals surface area (Å²) in [6.45, 7) is -5.86. The van der Waals surface area contributed by atoms with Gasteiger partial charge in [-0.3, -0.25) is 116 Å². The average Bonchev–Trinajstić information content (AvgIpc) is 1.67. The van der Waals surface area contributed by atoms with Crippen LogP contribution in [0.4, 0.5) is 35.7 Å².